The highest BCUT2D eigenvalue weighted by Crippen LogP contribution is 2.41. The Bertz CT molecular complexity index is 1510. The fourth-order valence-electron chi connectivity index (χ4n) is 4.16. The number of hydrogen-bond acceptors (Lipinski definition) is 6. The van der Waals surface area contributed by atoms with Crippen LogP contribution in [0.15, 0.2) is 71.9 Å². The lowest BCUT2D eigenvalue weighted by Gasteiger charge is -2.26. The number of aromatic nitrogens is 4. The summed E-state index contributed by atoms with van der Waals surface area (Å²) in [5, 5.41) is 3.99. The number of nitrogens with one attached hydrogen (secondary N) is 1. The van der Waals surface area contributed by atoms with Crippen molar-refractivity contribution < 1.29 is 13.2 Å². The molecule has 0 bridgehead atoms. The number of sulfonamides is 1. The van der Waals surface area contributed by atoms with Gasteiger partial charge in [0.05, 0.1) is 11.9 Å². The molecule has 9 heteroatoms. The van der Waals surface area contributed by atoms with Crippen LogP contribution in [0.4, 0.5) is 5.95 Å². The number of nitrogens with zero attached hydrogens (tertiary/aromatic N) is 4. The fourth-order valence-corrected chi connectivity index (χ4v) is 5.09. The largest absolute Gasteiger partial charge is 0.439 e. The average Bonchev–Trinajstić information content (AvgIpc) is 3.29. The van der Waals surface area contributed by atoms with Gasteiger partial charge < -0.3 is 4.74 Å². The van der Waals surface area contributed by atoms with Gasteiger partial charge in [0.15, 0.2) is 0 Å². The summed E-state index contributed by atoms with van der Waals surface area (Å²) in [6, 6.07) is 17.5. The van der Waals surface area contributed by atoms with Crippen LogP contribution in [-0.2, 0) is 28.9 Å². The number of anilines is 1. The first kappa shape index (κ1) is 27.3. The monoisotopic (exact) mass is 533 g/mol. The first-order chi connectivity index (χ1) is 17.9. The summed E-state index contributed by atoms with van der Waals surface area (Å²) in [6.07, 6.45) is 4.60. The summed E-state index contributed by atoms with van der Waals surface area (Å²) in [6.45, 7) is 10.6. The van der Waals surface area contributed by atoms with Crippen molar-refractivity contribution >= 4 is 16.0 Å². The van der Waals surface area contributed by atoms with Crippen LogP contribution < -0.4 is 9.46 Å². The molecular formula is C29H35N5O3S. The normalized spacial score (nSPS) is 12.1. The molecule has 200 valence electrons. The molecule has 0 saturated heterocycles. The van der Waals surface area contributed by atoms with E-state index in [2.05, 4.69) is 55.5 Å². The van der Waals surface area contributed by atoms with Crippen molar-refractivity contribution in [2.45, 2.75) is 57.8 Å². The Balaban J connectivity index is 1.93. The van der Waals surface area contributed by atoms with Gasteiger partial charge in [-0.1, -0.05) is 77.1 Å². The molecule has 0 radical (unpaired) electrons. The van der Waals surface area contributed by atoms with Gasteiger partial charge in [-0.3, -0.25) is 4.68 Å². The summed E-state index contributed by atoms with van der Waals surface area (Å²) in [4.78, 5) is 9.42. The van der Waals surface area contributed by atoms with Crippen molar-refractivity contribution in [2.75, 3.05) is 4.72 Å². The number of benzene rings is 2. The molecule has 38 heavy (non-hydrogen) atoms. The molecule has 2 aromatic heterocycles. The number of para-hydroxylation sites is 1. The summed E-state index contributed by atoms with van der Waals surface area (Å²) in [7, 11) is -2.32. The maximum Gasteiger partial charge on any atom is 0.267 e. The van der Waals surface area contributed by atoms with E-state index in [4.69, 9.17) is 9.72 Å². The topological polar surface area (TPSA) is 99.0 Å². The zero-order chi connectivity index (χ0) is 27.5. The number of hydrogen-bond donors (Lipinski definition) is 1. The molecule has 0 fully saturated rings. The van der Waals surface area contributed by atoms with Gasteiger partial charge >= 0.3 is 0 Å². The molecular weight excluding hydrogens is 498 g/mol. The zero-order valence-corrected chi connectivity index (χ0v) is 23.6. The Morgan fingerprint density at radius 3 is 2.32 bits per heavy atom. The van der Waals surface area contributed by atoms with Crippen LogP contribution in [0.1, 0.15) is 52.2 Å². The molecule has 0 aliphatic rings. The van der Waals surface area contributed by atoms with Crippen molar-refractivity contribution in [2.24, 2.45) is 13.0 Å². The van der Waals surface area contributed by atoms with E-state index in [1.165, 1.54) is 17.1 Å². The molecule has 4 aromatic rings. The number of rotatable bonds is 9. The van der Waals surface area contributed by atoms with Gasteiger partial charge in [-0.15, -0.1) is 0 Å². The zero-order valence-electron chi connectivity index (χ0n) is 22.8. The van der Waals surface area contributed by atoms with E-state index in [0.717, 1.165) is 29.5 Å². The first-order valence-electron chi connectivity index (χ1n) is 12.7. The van der Waals surface area contributed by atoms with Crippen LogP contribution in [0.3, 0.4) is 0 Å². The molecule has 0 saturated carbocycles. The maximum absolute atomic E-state index is 13.2. The second-order valence-corrected chi connectivity index (χ2v) is 12.5. The highest BCUT2D eigenvalue weighted by Gasteiger charge is 2.30. The second-order valence-electron chi connectivity index (χ2n) is 10.8. The van der Waals surface area contributed by atoms with E-state index in [0.29, 0.717) is 23.2 Å². The van der Waals surface area contributed by atoms with Gasteiger partial charge in [-0.25, -0.2) is 18.1 Å². The Morgan fingerprint density at radius 1 is 1.00 bits per heavy atom. The molecule has 8 nitrogen and oxygen atoms in total. The van der Waals surface area contributed by atoms with Gasteiger partial charge in [0.25, 0.3) is 10.0 Å². The minimum atomic E-state index is -3.97. The number of aryl methyl sites for hydroxylation is 2. The predicted octanol–water partition coefficient (Wildman–Crippen LogP) is 6.36. The van der Waals surface area contributed by atoms with Crippen molar-refractivity contribution in [3.05, 3.63) is 78.1 Å². The SMILES string of the molecule is CC(C)CCc1ccccc1-c1nc(NS(=O)(=O)c2cnn(C)c2)nc(Oc2ccccc2)c1C(C)(C)C. The van der Waals surface area contributed by atoms with E-state index in [1.807, 2.05) is 48.5 Å². The Labute approximate surface area is 225 Å². The van der Waals surface area contributed by atoms with Gasteiger partial charge in [0.1, 0.15) is 10.6 Å². The van der Waals surface area contributed by atoms with E-state index >= 15 is 0 Å². The van der Waals surface area contributed by atoms with Gasteiger partial charge in [0, 0.05) is 24.4 Å². The Morgan fingerprint density at radius 2 is 1.68 bits per heavy atom. The molecule has 0 spiro atoms. The smallest absolute Gasteiger partial charge is 0.267 e. The van der Waals surface area contributed by atoms with Crippen molar-refractivity contribution in [1.82, 2.24) is 19.7 Å². The van der Waals surface area contributed by atoms with Crippen LogP contribution >= 0.6 is 0 Å². The maximum atomic E-state index is 13.2. The van der Waals surface area contributed by atoms with Crippen LogP contribution in [0.5, 0.6) is 11.6 Å². The quantitative estimate of drug-likeness (QED) is 0.269. The van der Waals surface area contributed by atoms with Gasteiger partial charge in [0.2, 0.25) is 11.8 Å². The summed E-state index contributed by atoms with van der Waals surface area (Å²) in [5.74, 6) is 1.36. The second kappa shape index (κ2) is 10.9. The molecule has 1 N–H and O–H groups in total. The third-order valence-corrected chi connectivity index (χ3v) is 7.35. The van der Waals surface area contributed by atoms with Gasteiger partial charge in [-0.2, -0.15) is 10.1 Å². The average molecular weight is 534 g/mol. The van der Waals surface area contributed by atoms with E-state index in [1.54, 1.807) is 7.05 Å². The van der Waals surface area contributed by atoms with Crippen molar-refractivity contribution in [1.29, 1.82) is 0 Å². The fraction of sp³-hybridized carbons (Fsp3) is 0.345. The van der Waals surface area contributed by atoms with Crippen LogP contribution in [-0.4, -0.2) is 28.2 Å². The lowest BCUT2D eigenvalue weighted by molar-refractivity contribution is 0.436. The number of ether oxygens (including phenoxy) is 1. The Kier molecular flexibility index (Phi) is 7.87. The molecule has 0 atom stereocenters. The highest BCUT2D eigenvalue weighted by atomic mass is 32.2. The minimum Gasteiger partial charge on any atom is -0.439 e. The minimum absolute atomic E-state index is 0.0212. The first-order valence-corrected chi connectivity index (χ1v) is 14.2. The van der Waals surface area contributed by atoms with E-state index in [-0.39, 0.29) is 10.8 Å². The van der Waals surface area contributed by atoms with Crippen molar-refractivity contribution in [3.63, 3.8) is 0 Å². The van der Waals surface area contributed by atoms with Gasteiger partial charge in [-0.05, 0) is 41.9 Å². The highest BCUT2D eigenvalue weighted by molar-refractivity contribution is 7.92. The molecule has 4 rings (SSSR count). The molecule has 0 amide bonds. The Hall–Kier alpha value is -3.72. The third-order valence-electron chi connectivity index (χ3n) is 6.06. The lowest BCUT2D eigenvalue weighted by atomic mass is 9.83. The van der Waals surface area contributed by atoms with Crippen LogP contribution in [0.25, 0.3) is 11.3 Å². The standard InChI is InChI=1S/C29H35N5O3S/c1-20(2)16-17-21-12-10-11-15-24(21)26-25(29(3,4)5)27(37-22-13-8-7-9-14-22)32-28(31-26)33-38(35,36)23-18-30-34(6)19-23/h7-15,18-20H,16-17H2,1-6H3,(H,31,32,33). The predicted molar refractivity (Wildman–Crippen MR) is 150 cm³/mol. The summed E-state index contributed by atoms with van der Waals surface area (Å²) >= 11 is 0. The van der Waals surface area contributed by atoms with E-state index < -0.39 is 15.4 Å². The molecule has 0 aliphatic heterocycles. The molecule has 0 aliphatic carbocycles. The molecule has 2 aromatic carbocycles. The molecule has 0 unspecified atom stereocenters. The van der Waals surface area contributed by atoms with Crippen LogP contribution in [0.2, 0.25) is 0 Å². The van der Waals surface area contributed by atoms with E-state index in [9.17, 15) is 8.42 Å². The third kappa shape index (κ3) is 6.39. The summed E-state index contributed by atoms with van der Waals surface area (Å²) < 4.78 is 36.6. The lowest BCUT2D eigenvalue weighted by Crippen LogP contribution is -2.20. The van der Waals surface area contributed by atoms with Crippen molar-refractivity contribution in [3.8, 4) is 22.9 Å². The summed E-state index contributed by atoms with van der Waals surface area (Å²) in [5.41, 5.74) is 3.09. The molecule has 2 heterocycles. The van der Waals surface area contributed by atoms with Crippen LogP contribution in [0, 0.1) is 5.92 Å².